The van der Waals surface area contributed by atoms with Gasteiger partial charge in [-0.25, -0.2) is 0 Å². The summed E-state index contributed by atoms with van der Waals surface area (Å²) in [5.74, 6) is 1.51. The second kappa shape index (κ2) is 7.25. The summed E-state index contributed by atoms with van der Waals surface area (Å²) in [6, 6.07) is 5.52. The maximum absolute atomic E-state index is 12.5. The van der Waals surface area contributed by atoms with Crippen LogP contribution in [0, 0.1) is 6.92 Å². The minimum Gasteiger partial charge on any atom is -0.493 e. The maximum Gasteiger partial charge on any atom is 0.261 e. The summed E-state index contributed by atoms with van der Waals surface area (Å²) in [6.07, 6.45) is 0. The van der Waals surface area contributed by atoms with E-state index in [1.165, 1.54) is 11.3 Å². The average Bonchev–Trinajstić information content (AvgIpc) is 3.20. The summed E-state index contributed by atoms with van der Waals surface area (Å²) in [5, 5.41) is 8.30. The third-order valence-electron chi connectivity index (χ3n) is 4.10. The Morgan fingerprint density at radius 3 is 2.35 bits per heavy atom. The summed E-state index contributed by atoms with van der Waals surface area (Å²) in [7, 11) is 6.56. The number of aryl methyl sites for hydroxylation is 2. The molecule has 3 rings (SSSR count). The van der Waals surface area contributed by atoms with E-state index in [1.807, 2.05) is 32.2 Å². The fourth-order valence-electron chi connectivity index (χ4n) is 2.82. The third kappa shape index (κ3) is 3.20. The van der Waals surface area contributed by atoms with Crippen LogP contribution in [0.4, 0.5) is 0 Å². The molecule has 1 amide bonds. The van der Waals surface area contributed by atoms with Gasteiger partial charge in [0.25, 0.3) is 5.91 Å². The Hall–Kier alpha value is -2.74. The second-order valence-corrected chi connectivity index (χ2v) is 6.79. The van der Waals surface area contributed by atoms with Gasteiger partial charge in [-0.05, 0) is 30.7 Å². The highest BCUT2D eigenvalue weighted by molar-refractivity contribution is 7.20. The highest BCUT2D eigenvalue weighted by atomic mass is 32.1. The summed E-state index contributed by atoms with van der Waals surface area (Å²) in [6.45, 7) is 2.29. The number of aromatic nitrogens is 2. The molecule has 8 heteroatoms. The zero-order chi connectivity index (χ0) is 18.8. The molecule has 1 aromatic carbocycles. The Bertz CT molecular complexity index is 901. The van der Waals surface area contributed by atoms with E-state index < -0.39 is 0 Å². The van der Waals surface area contributed by atoms with Crippen LogP contribution in [0.15, 0.2) is 18.2 Å². The van der Waals surface area contributed by atoms with E-state index in [9.17, 15) is 4.79 Å². The molecule has 0 bridgehead atoms. The molecule has 0 radical (unpaired) electrons. The number of fused-ring (bicyclic) bond motifs is 1. The molecule has 0 spiro atoms. The van der Waals surface area contributed by atoms with Crippen molar-refractivity contribution in [2.75, 3.05) is 21.3 Å². The predicted octanol–water partition coefficient (Wildman–Crippen LogP) is 2.90. The Labute approximate surface area is 155 Å². The SMILES string of the molecule is COc1cc(CNC(=O)c2cc3c(C)nn(C)c3s2)cc(OC)c1OC. The van der Waals surface area contributed by atoms with Gasteiger partial charge in [0.2, 0.25) is 5.75 Å². The molecule has 26 heavy (non-hydrogen) atoms. The van der Waals surface area contributed by atoms with Crippen molar-refractivity contribution in [3.8, 4) is 17.2 Å². The lowest BCUT2D eigenvalue weighted by Gasteiger charge is -2.14. The number of hydrogen-bond donors (Lipinski definition) is 1. The van der Waals surface area contributed by atoms with Crippen LogP contribution in [-0.2, 0) is 13.6 Å². The normalized spacial score (nSPS) is 10.8. The van der Waals surface area contributed by atoms with Crippen LogP contribution in [0.3, 0.4) is 0 Å². The lowest BCUT2D eigenvalue weighted by atomic mass is 10.1. The first-order valence-corrected chi connectivity index (χ1v) is 8.80. The molecule has 2 heterocycles. The molecule has 138 valence electrons. The van der Waals surface area contributed by atoms with Crippen molar-refractivity contribution >= 4 is 27.5 Å². The highest BCUT2D eigenvalue weighted by Crippen LogP contribution is 2.38. The summed E-state index contributed by atoms with van der Waals surface area (Å²) < 4.78 is 17.8. The molecule has 1 N–H and O–H groups in total. The molecule has 0 aliphatic carbocycles. The molecule has 0 saturated carbocycles. The summed E-state index contributed by atoms with van der Waals surface area (Å²) >= 11 is 1.43. The first-order valence-electron chi connectivity index (χ1n) is 7.98. The number of amides is 1. The maximum atomic E-state index is 12.5. The molecule has 0 atom stereocenters. The number of thiophene rings is 1. The number of methoxy groups -OCH3 is 3. The Morgan fingerprint density at radius 2 is 1.81 bits per heavy atom. The van der Waals surface area contributed by atoms with Gasteiger partial charge in [-0.1, -0.05) is 0 Å². The number of nitrogens with one attached hydrogen (secondary N) is 1. The van der Waals surface area contributed by atoms with Crippen LogP contribution < -0.4 is 19.5 Å². The molecule has 0 aliphatic heterocycles. The van der Waals surface area contributed by atoms with Crippen molar-refractivity contribution < 1.29 is 19.0 Å². The number of nitrogens with zero attached hydrogens (tertiary/aromatic N) is 2. The van der Waals surface area contributed by atoms with Gasteiger partial charge in [-0.3, -0.25) is 9.48 Å². The number of carbonyl (C=O) groups is 1. The van der Waals surface area contributed by atoms with Crippen molar-refractivity contribution in [1.82, 2.24) is 15.1 Å². The van der Waals surface area contributed by atoms with Crippen molar-refractivity contribution in [2.24, 2.45) is 7.05 Å². The molecule has 7 nitrogen and oxygen atoms in total. The lowest BCUT2D eigenvalue weighted by molar-refractivity contribution is 0.0955. The van der Waals surface area contributed by atoms with E-state index in [0.717, 1.165) is 21.5 Å². The molecule has 0 fully saturated rings. The van der Waals surface area contributed by atoms with Crippen LogP contribution in [0.2, 0.25) is 0 Å². The number of benzene rings is 1. The van der Waals surface area contributed by atoms with Crippen molar-refractivity contribution in [1.29, 1.82) is 0 Å². The molecule has 0 aliphatic rings. The quantitative estimate of drug-likeness (QED) is 0.717. The van der Waals surface area contributed by atoms with Crippen molar-refractivity contribution in [3.05, 3.63) is 34.3 Å². The van der Waals surface area contributed by atoms with Gasteiger partial charge in [-0.2, -0.15) is 5.10 Å². The monoisotopic (exact) mass is 375 g/mol. The minimum absolute atomic E-state index is 0.126. The van der Waals surface area contributed by atoms with E-state index >= 15 is 0 Å². The topological polar surface area (TPSA) is 74.6 Å². The van der Waals surface area contributed by atoms with Gasteiger partial charge in [0, 0.05) is 19.0 Å². The smallest absolute Gasteiger partial charge is 0.261 e. The van der Waals surface area contributed by atoms with Crippen LogP contribution >= 0.6 is 11.3 Å². The van der Waals surface area contributed by atoms with Gasteiger partial charge >= 0.3 is 0 Å². The first-order chi connectivity index (χ1) is 12.5. The largest absolute Gasteiger partial charge is 0.493 e. The number of rotatable bonds is 6. The van der Waals surface area contributed by atoms with E-state index in [-0.39, 0.29) is 5.91 Å². The van der Waals surface area contributed by atoms with Gasteiger partial charge in [-0.15, -0.1) is 11.3 Å². The third-order valence-corrected chi connectivity index (χ3v) is 5.30. The van der Waals surface area contributed by atoms with Gasteiger partial charge in [0.15, 0.2) is 11.5 Å². The van der Waals surface area contributed by atoms with Gasteiger partial charge in [0.1, 0.15) is 4.83 Å². The number of hydrogen-bond acceptors (Lipinski definition) is 6. The van der Waals surface area contributed by atoms with Crippen LogP contribution in [-0.4, -0.2) is 37.0 Å². The van der Waals surface area contributed by atoms with E-state index in [4.69, 9.17) is 14.2 Å². The first kappa shape index (κ1) is 18.1. The molecule has 2 aromatic heterocycles. The second-order valence-electron chi connectivity index (χ2n) is 5.75. The molecule has 3 aromatic rings. The lowest BCUT2D eigenvalue weighted by Crippen LogP contribution is -2.21. The molecular weight excluding hydrogens is 354 g/mol. The van der Waals surface area contributed by atoms with Crippen molar-refractivity contribution in [2.45, 2.75) is 13.5 Å². The van der Waals surface area contributed by atoms with E-state index in [2.05, 4.69) is 10.4 Å². The molecular formula is C18H21N3O4S. The summed E-state index contributed by atoms with van der Waals surface area (Å²) in [4.78, 5) is 14.2. The van der Waals surface area contributed by atoms with Gasteiger partial charge in [0.05, 0.1) is 31.9 Å². The zero-order valence-corrected chi connectivity index (χ0v) is 16.2. The molecule has 0 saturated heterocycles. The fourth-order valence-corrected chi connectivity index (χ4v) is 3.86. The standard InChI is InChI=1S/C18H21N3O4S/c1-10-12-8-15(26-18(12)21(2)20-10)17(22)19-9-11-6-13(23-3)16(25-5)14(7-11)24-4/h6-8H,9H2,1-5H3,(H,19,22). The van der Waals surface area contributed by atoms with Crippen molar-refractivity contribution in [3.63, 3.8) is 0 Å². The zero-order valence-electron chi connectivity index (χ0n) is 15.4. The number of ether oxygens (including phenoxy) is 3. The summed E-state index contributed by atoms with van der Waals surface area (Å²) in [5.41, 5.74) is 1.77. The molecule has 0 unspecified atom stereocenters. The van der Waals surface area contributed by atoms with Crippen LogP contribution in [0.1, 0.15) is 20.9 Å². The highest BCUT2D eigenvalue weighted by Gasteiger charge is 2.16. The van der Waals surface area contributed by atoms with Crippen LogP contribution in [0.5, 0.6) is 17.2 Å². The number of carbonyl (C=O) groups excluding carboxylic acids is 1. The van der Waals surface area contributed by atoms with Gasteiger partial charge < -0.3 is 19.5 Å². The Kier molecular flexibility index (Phi) is 5.03. The Balaban J connectivity index is 1.79. The van der Waals surface area contributed by atoms with Crippen LogP contribution in [0.25, 0.3) is 10.2 Å². The van der Waals surface area contributed by atoms with E-state index in [1.54, 1.807) is 26.0 Å². The predicted molar refractivity (Wildman–Crippen MR) is 101 cm³/mol. The minimum atomic E-state index is -0.126. The average molecular weight is 375 g/mol. The van der Waals surface area contributed by atoms with E-state index in [0.29, 0.717) is 28.7 Å². The fraction of sp³-hybridized carbons (Fsp3) is 0.333. The Morgan fingerprint density at radius 1 is 1.15 bits per heavy atom.